The summed E-state index contributed by atoms with van der Waals surface area (Å²) in [6, 6.07) is 6.83. The van der Waals surface area contributed by atoms with E-state index in [-0.39, 0.29) is 5.82 Å². The van der Waals surface area contributed by atoms with Crippen LogP contribution in [0.2, 0.25) is 0 Å². The van der Waals surface area contributed by atoms with Gasteiger partial charge in [-0.15, -0.1) is 0 Å². The number of anilines is 1. The van der Waals surface area contributed by atoms with Crippen LogP contribution in [0, 0.1) is 19.7 Å². The summed E-state index contributed by atoms with van der Waals surface area (Å²) in [4.78, 5) is 6.46. The minimum Gasteiger partial charge on any atom is -0.398 e. The van der Waals surface area contributed by atoms with Gasteiger partial charge in [-0.3, -0.25) is 9.88 Å². The summed E-state index contributed by atoms with van der Waals surface area (Å²) < 4.78 is 13.6. The Labute approximate surface area is 119 Å². The van der Waals surface area contributed by atoms with Crippen LogP contribution in [0.25, 0.3) is 0 Å². The number of nitrogens with zero attached hydrogens (tertiary/aromatic N) is 2. The molecule has 0 saturated carbocycles. The van der Waals surface area contributed by atoms with Gasteiger partial charge >= 0.3 is 0 Å². The summed E-state index contributed by atoms with van der Waals surface area (Å²) in [6.07, 6.45) is 1.79. The van der Waals surface area contributed by atoms with Gasteiger partial charge in [-0.05, 0) is 38.1 Å². The predicted molar refractivity (Wildman–Crippen MR) is 79.7 cm³/mol. The van der Waals surface area contributed by atoms with E-state index in [4.69, 9.17) is 5.73 Å². The van der Waals surface area contributed by atoms with E-state index in [0.717, 1.165) is 22.5 Å². The average Bonchev–Trinajstić information content (AvgIpc) is 2.42. The molecule has 0 aliphatic rings. The van der Waals surface area contributed by atoms with Crippen LogP contribution in [-0.4, -0.2) is 16.9 Å². The smallest absolute Gasteiger partial charge is 0.127 e. The third kappa shape index (κ3) is 3.14. The second-order valence-electron chi connectivity index (χ2n) is 5.19. The van der Waals surface area contributed by atoms with E-state index in [0.29, 0.717) is 18.7 Å². The van der Waals surface area contributed by atoms with E-state index in [1.807, 2.05) is 31.9 Å². The Hall–Kier alpha value is -1.94. The van der Waals surface area contributed by atoms with Gasteiger partial charge in [-0.2, -0.15) is 0 Å². The van der Waals surface area contributed by atoms with Crippen molar-refractivity contribution < 1.29 is 4.39 Å². The highest BCUT2D eigenvalue weighted by Crippen LogP contribution is 2.19. The fourth-order valence-electron chi connectivity index (χ4n) is 2.18. The van der Waals surface area contributed by atoms with Crippen molar-refractivity contribution in [2.45, 2.75) is 26.9 Å². The zero-order chi connectivity index (χ0) is 14.7. The molecule has 2 N–H and O–H groups in total. The number of nitrogen functional groups attached to an aromatic ring is 1. The first kappa shape index (κ1) is 14.5. The van der Waals surface area contributed by atoms with Crippen LogP contribution in [0.4, 0.5) is 10.1 Å². The van der Waals surface area contributed by atoms with Gasteiger partial charge in [0.15, 0.2) is 0 Å². The van der Waals surface area contributed by atoms with Crippen LogP contribution in [-0.2, 0) is 13.1 Å². The molecule has 0 spiro atoms. The number of benzene rings is 1. The van der Waals surface area contributed by atoms with Crippen LogP contribution in [0.15, 0.2) is 30.5 Å². The Balaban J connectivity index is 2.11. The Morgan fingerprint density at radius 1 is 1.20 bits per heavy atom. The maximum atomic E-state index is 13.6. The summed E-state index contributed by atoms with van der Waals surface area (Å²) in [5.74, 6) is -0.174. The molecule has 0 atom stereocenters. The molecule has 20 heavy (non-hydrogen) atoms. The molecule has 1 heterocycles. The average molecular weight is 273 g/mol. The third-order valence-electron chi connectivity index (χ3n) is 3.49. The maximum absolute atomic E-state index is 13.6. The first-order valence-electron chi connectivity index (χ1n) is 6.61. The molecule has 2 aromatic rings. The SMILES string of the molecule is Cc1cnc(CN(C)Cc2ccccc2F)c(C)c1N. The topological polar surface area (TPSA) is 42.2 Å². The van der Waals surface area contributed by atoms with E-state index < -0.39 is 0 Å². The lowest BCUT2D eigenvalue weighted by Crippen LogP contribution is -2.20. The van der Waals surface area contributed by atoms with Crippen molar-refractivity contribution in [2.75, 3.05) is 12.8 Å². The number of hydrogen-bond donors (Lipinski definition) is 1. The molecule has 3 nitrogen and oxygen atoms in total. The molecule has 0 fully saturated rings. The van der Waals surface area contributed by atoms with Crippen LogP contribution >= 0.6 is 0 Å². The fourth-order valence-corrected chi connectivity index (χ4v) is 2.18. The van der Waals surface area contributed by atoms with E-state index in [2.05, 4.69) is 4.98 Å². The molecule has 0 unspecified atom stereocenters. The number of aromatic nitrogens is 1. The van der Waals surface area contributed by atoms with E-state index in [1.165, 1.54) is 6.07 Å². The van der Waals surface area contributed by atoms with Crippen molar-refractivity contribution in [3.8, 4) is 0 Å². The highest BCUT2D eigenvalue weighted by atomic mass is 19.1. The molecule has 0 amide bonds. The number of aryl methyl sites for hydroxylation is 1. The van der Waals surface area contributed by atoms with Gasteiger partial charge in [0.1, 0.15) is 5.82 Å². The molecule has 0 aliphatic heterocycles. The number of hydrogen-bond acceptors (Lipinski definition) is 3. The summed E-state index contributed by atoms with van der Waals surface area (Å²) in [5, 5.41) is 0. The summed E-state index contributed by atoms with van der Waals surface area (Å²) >= 11 is 0. The molecule has 0 saturated heterocycles. The third-order valence-corrected chi connectivity index (χ3v) is 3.49. The van der Waals surface area contributed by atoms with Crippen LogP contribution in [0.1, 0.15) is 22.4 Å². The molecule has 4 heteroatoms. The van der Waals surface area contributed by atoms with Crippen molar-refractivity contribution in [1.29, 1.82) is 0 Å². The number of rotatable bonds is 4. The normalized spacial score (nSPS) is 11.1. The van der Waals surface area contributed by atoms with E-state index in [9.17, 15) is 4.39 Å². The summed E-state index contributed by atoms with van der Waals surface area (Å²) in [7, 11) is 1.95. The monoisotopic (exact) mass is 273 g/mol. The lowest BCUT2D eigenvalue weighted by Gasteiger charge is -2.19. The second-order valence-corrected chi connectivity index (χ2v) is 5.19. The lowest BCUT2D eigenvalue weighted by molar-refractivity contribution is 0.309. The van der Waals surface area contributed by atoms with E-state index >= 15 is 0 Å². The summed E-state index contributed by atoms with van der Waals surface area (Å²) in [5.41, 5.74) is 10.4. The van der Waals surface area contributed by atoms with Crippen molar-refractivity contribution in [1.82, 2.24) is 9.88 Å². The largest absolute Gasteiger partial charge is 0.398 e. The van der Waals surface area contributed by atoms with Crippen LogP contribution < -0.4 is 5.73 Å². The lowest BCUT2D eigenvalue weighted by atomic mass is 10.1. The first-order valence-corrected chi connectivity index (χ1v) is 6.61. The van der Waals surface area contributed by atoms with Crippen molar-refractivity contribution >= 4 is 5.69 Å². The van der Waals surface area contributed by atoms with Crippen molar-refractivity contribution in [3.05, 3.63) is 58.7 Å². The molecular formula is C16H20FN3. The van der Waals surface area contributed by atoms with Crippen LogP contribution in [0.5, 0.6) is 0 Å². The Bertz CT molecular complexity index is 611. The predicted octanol–water partition coefficient (Wildman–Crippen LogP) is 3.05. The van der Waals surface area contributed by atoms with Gasteiger partial charge < -0.3 is 5.73 Å². The van der Waals surface area contributed by atoms with Gasteiger partial charge in [0.25, 0.3) is 0 Å². The first-order chi connectivity index (χ1) is 9.49. The molecular weight excluding hydrogens is 253 g/mol. The fraction of sp³-hybridized carbons (Fsp3) is 0.312. The van der Waals surface area contributed by atoms with Gasteiger partial charge in [0.2, 0.25) is 0 Å². The summed E-state index contributed by atoms with van der Waals surface area (Å²) in [6.45, 7) is 5.11. The number of halogens is 1. The van der Waals surface area contributed by atoms with Gasteiger partial charge in [-0.25, -0.2) is 4.39 Å². The zero-order valence-electron chi connectivity index (χ0n) is 12.2. The Kier molecular flexibility index (Phi) is 4.35. The second kappa shape index (κ2) is 6.01. The quantitative estimate of drug-likeness (QED) is 0.931. The minimum atomic E-state index is -0.174. The molecule has 0 radical (unpaired) electrons. The molecule has 0 bridgehead atoms. The highest BCUT2D eigenvalue weighted by molar-refractivity contribution is 5.53. The molecule has 1 aromatic carbocycles. The van der Waals surface area contributed by atoms with Crippen molar-refractivity contribution in [3.63, 3.8) is 0 Å². The number of pyridine rings is 1. The number of nitrogens with two attached hydrogens (primary N) is 1. The van der Waals surface area contributed by atoms with Crippen LogP contribution in [0.3, 0.4) is 0 Å². The highest BCUT2D eigenvalue weighted by Gasteiger charge is 2.10. The molecule has 1 aromatic heterocycles. The van der Waals surface area contributed by atoms with Gasteiger partial charge in [0, 0.05) is 30.5 Å². The zero-order valence-corrected chi connectivity index (χ0v) is 12.2. The van der Waals surface area contributed by atoms with E-state index in [1.54, 1.807) is 18.3 Å². The molecule has 2 rings (SSSR count). The molecule has 106 valence electrons. The Morgan fingerprint density at radius 2 is 1.90 bits per heavy atom. The minimum absolute atomic E-state index is 0.174. The van der Waals surface area contributed by atoms with Gasteiger partial charge in [0.05, 0.1) is 5.69 Å². The maximum Gasteiger partial charge on any atom is 0.127 e. The van der Waals surface area contributed by atoms with Crippen molar-refractivity contribution in [2.24, 2.45) is 0 Å². The standard InChI is InChI=1S/C16H20FN3/c1-11-8-19-15(12(2)16(11)18)10-20(3)9-13-6-4-5-7-14(13)17/h4-8H,9-10H2,1-3H3,(H2,18,19). The van der Waals surface area contributed by atoms with Gasteiger partial charge in [-0.1, -0.05) is 18.2 Å². The Morgan fingerprint density at radius 3 is 2.60 bits per heavy atom. The molecule has 0 aliphatic carbocycles.